The molecule has 5 atom stereocenters. The third-order valence-electron chi connectivity index (χ3n) is 6.33. The van der Waals surface area contributed by atoms with Crippen LogP contribution in [-0.2, 0) is 11.2 Å². The Hall–Kier alpha value is -1.95. The largest absolute Gasteiger partial charge is 0.393 e. The van der Waals surface area contributed by atoms with E-state index in [9.17, 15) is 20.1 Å². The Morgan fingerprint density at radius 3 is 2.65 bits per heavy atom. The maximum atomic E-state index is 11.7. The Bertz CT molecular complexity index is 728. The van der Waals surface area contributed by atoms with E-state index in [2.05, 4.69) is 29.6 Å². The molecule has 0 aromatic heterocycles. The molecule has 0 spiro atoms. The predicted molar refractivity (Wildman–Crippen MR) is 122 cm³/mol. The molecule has 1 aromatic carbocycles. The second kappa shape index (κ2) is 12.2. The van der Waals surface area contributed by atoms with E-state index in [4.69, 9.17) is 0 Å². The van der Waals surface area contributed by atoms with Crippen LogP contribution in [0.2, 0.25) is 0 Å². The fraction of sp³-hybridized carbons (Fsp3) is 0.577. The molecule has 31 heavy (non-hydrogen) atoms. The third-order valence-corrected chi connectivity index (χ3v) is 6.33. The zero-order valence-electron chi connectivity index (χ0n) is 18.3. The lowest BCUT2D eigenvalue weighted by Crippen LogP contribution is -2.24. The molecule has 5 nitrogen and oxygen atoms in total. The van der Waals surface area contributed by atoms with Gasteiger partial charge in [0, 0.05) is 24.8 Å². The van der Waals surface area contributed by atoms with Gasteiger partial charge in [-0.15, -0.1) is 0 Å². The first-order valence-electron chi connectivity index (χ1n) is 11.7. The maximum Gasteiger partial charge on any atom is 0.220 e. The van der Waals surface area contributed by atoms with E-state index in [-0.39, 0.29) is 17.7 Å². The van der Waals surface area contributed by atoms with E-state index in [1.54, 1.807) is 6.08 Å². The van der Waals surface area contributed by atoms with Gasteiger partial charge < -0.3 is 20.6 Å². The minimum atomic E-state index is -0.586. The summed E-state index contributed by atoms with van der Waals surface area (Å²) in [6.07, 6.45) is 13.0. The molecule has 2 fully saturated rings. The smallest absolute Gasteiger partial charge is 0.220 e. The van der Waals surface area contributed by atoms with Gasteiger partial charge in [0.05, 0.1) is 18.3 Å². The highest BCUT2D eigenvalue weighted by atomic mass is 16.3. The number of aliphatic hydroxyl groups is 3. The average Bonchev–Trinajstić information content (AvgIpc) is 3.52. The van der Waals surface area contributed by atoms with E-state index >= 15 is 0 Å². The van der Waals surface area contributed by atoms with Crippen LogP contribution in [0.1, 0.15) is 56.9 Å². The number of nitrogens with one attached hydrogen (secondary N) is 1. The Kier molecular flexibility index (Phi) is 9.31. The number of rotatable bonds is 12. The second-order valence-corrected chi connectivity index (χ2v) is 9.03. The van der Waals surface area contributed by atoms with Gasteiger partial charge in [-0.05, 0) is 56.4 Å². The van der Waals surface area contributed by atoms with E-state index in [0.29, 0.717) is 31.7 Å². The monoisotopic (exact) mass is 427 g/mol. The summed E-state index contributed by atoms with van der Waals surface area (Å²) in [6.45, 7) is 0. The van der Waals surface area contributed by atoms with Crippen molar-refractivity contribution in [2.45, 2.75) is 82.1 Å². The van der Waals surface area contributed by atoms with Crippen LogP contribution < -0.4 is 5.32 Å². The molecule has 2 saturated carbocycles. The third kappa shape index (κ3) is 8.24. The first-order valence-corrected chi connectivity index (χ1v) is 11.7. The molecule has 0 heterocycles. The molecule has 5 heteroatoms. The van der Waals surface area contributed by atoms with Crippen molar-refractivity contribution < 1.29 is 20.1 Å². The molecule has 4 unspecified atom stereocenters. The van der Waals surface area contributed by atoms with Crippen LogP contribution in [0.15, 0.2) is 54.6 Å². The predicted octanol–water partition coefficient (Wildman–Crippen LogP) is 3.29. The van der Waals surface area contributed by atoms with Crippen molar-refractivity contribution in [3.05, 3.63) is 60.2 Å². The highest BCUT2D eigenvalue weighted by Crippen LogP contribution is 2.36. The molecule has 0 saturated heterocycles. The summed E-state index contributed by atoms with van der Waals surface area (Å²) in [6, 6.07) is 10.5. The summed E-state index contributed by atoms with van der Waals surface area (Å²) in [4.78, 5) is 11.7. The van der Waals surface area contributed by atoms with Gasteiger partial charge >= 0.3 is 0 Å². The zero-order chi connectivity index (χ0) is 22.1. The molecule has 3 rings (SSSR count). The van der Waals surface area contributed by atoms with Gasteiger partial charge in [-0.1, -0.05) is 54.6 Å². The lowest BCUT2D eigenvalue weighted by atomic mass is 9.89. The van der Waals surface area contributed by atoms with E-state index in [0.717, 1.165) is 32.1 Å². The number of hydrogen-bond donors (Lipinski definition) is 4. The summed E-state index contributed by atoms with van der Waals surface area (Å²) in [5.41, 5.74) is 1.19. The van der Waals surface area contributed by atoms with E-state index < -0.39 is 18.3 Å². The Morgan fingerprint density at radius 2 is 1.90 bits per heavy atom. The van der Waals surface area contributed by atoms with E-state index in [1.165, 1.54) is 5.56 Å². The normalized spacial score (nSPS) is 27.2. The number of carbonyl (C=O) groups excluding carboxylic acids is 1. The Morgan fingerprint density at radius 1 is 1.13 bits per heavy atom. The summed E-state index contributed by atoms with van der Waals surface area (Å²) in [7, 11) is 0. The van der Waals surface area contributed by atoms with Crippen molar-refractivity contribution in [1.29, 1.82) is 0 Å². The highest BCUT2D eigenvalue weighted by Gasteiger charge is 2.39. The molecular weight excluding hydrogens is 390 g/mol. The molecule has 1 aromatic rings. The fourth-order valence-corrected chi connectivity index (χ4v) is 4.30. The van der Waals surface area contributed by atoms with Gasteiger partial charge in [-0.2, -0.15) is 0 Å². The van der Waals surface area contributed by atoms with Gasteiger partial charge in [-0.3, -0.25) is 4.79 Å². The van der Waals surface area contributed by atoms with Crippen molar-refractivity contribution in [1.82, 2.24) is 5.32 Å². The van der Waals surface area contributed by atoms with Crippen LogP contribution in [0, 0.1) is 11.8 Å². The summed E-state index contributed by atoms with van der Waals surface area (Å²) in [5.74, 6) is -0.0707. The number of hydrogen-bond acceptors (Lipinski definition) is 4. The van der Waals surface area contributed by atoms with Crippen LogP contribution in [-0.4, -0.2) is 45.6 Å². The van der Waals surface area contributed by atoms with E-state index in [1.807, 2.05) is 24.3 Å². The first kappa shape index (κ1) is 23.7. The molecule has 2 aliphatic rings. The van der Waals surface area contributed by atoms with Gasteiger partial charge in [0.15, 0.2) is 0 Å². The highest BCUT2D eigenvalue weighted by molar-refractivity contribution is 5.76. The van der Waals surface area contributed by atoms with Crippen LogP contribution in [0.3, 0.4) is 0 Å². The maximum absolute atomic E-state index is 11.7. The lowest BCUT2D eigenvalue weighted by Gasteiger charge is -2.19. The van der Waals surface area contributed by atoms with Gasteiger partial charge in [0.25, 0.3) is 0 Å². The SMILES string of the molecule is O=C(CCC/C=C\CC1C(O)CC(O)[C@@H]1/C=C/C(O)CCc1ccccc1)NC1CC1. The summed E-state index contributed by atoms with van der Waals surface area (Å²) < 4.78 is 0. The molecular formula is C26H37NO4. The van der Waals surface area contributed by atoms with Gasteiger partial charge in [-0.25, -0.2) is 0 Å². The summed E-state index contributed by atoms with van der Waals surface area (Å²) in [5, 5.41) is 34.0. The van der Waals surface area contributed by atoms with Crippen LogP contribution in [0.5, 0.6) is 0 Å². The standard InChI is InChI=1S/C26H37NO4/c28-21(15-12-19-8-4-3-5-9-19)16-17-23-22(24(29)18-25(23)30)10-6-1-2-7-11-26(31)27-20-13-14-20/h1,3-6,8-9,16-17,20-25,28-30H,2,7,10-15,18H2,(H,27,31)/b6-1-,17-16+/t21?,22?,23-,24?,25?/m1/s1. The minimum Gasteiger partial charge on any atom is -0.393 e. The number of allylic oxidation sites excluding steroid dienone is 2. The fourth-order valence-electron chi connectivity index (χ4n) is 4.30. The Balaban J connectivity index is 1.39. The minimum absolute atomic E-state index is 0.0537. The van der Waals surface area contributed by atoms with Gasteiger partial charge in [0.1, 0.15) is 0 Å². The molecule has 0 aliphatic heterocycles. The molecule has 4 N–H and O–H groups in total. The molecule has 170 valence electrons. The molecule has 2 aliphatic carbocycles. The number of benzene rings is 1. The quantitative estimate of drug-likeness (QED) is 0.304. The van der Waals surface area contributed by atoms with Gasteiger partial charge in [0.2, 0.25) is 5.91 Å². The molecule has 1 amide bonds. The zero-order valence-corrected chi connectivity index (χ0v) is 18.3. The second-order valence-electron chi connectivity index (χ2n) is 9.03. The van der Waals surface area contributed by atoms with Crippen molar-refractivity contribution in [3.63, 3.8) is 0 Å². The lowest BCUT2D eigenvalue weighted by molar-refractivity contribution is -0.121. The topological polar surface area (TPSA) is 89.8 Å². The Labute approximate surface area is 185 Å². The van der Waals surface area contributed by atoms with Crippen molar-refractivity contribution in [2.24, 2.45) is 11.8 Å². The summed E-state index contributed by atoms with van der Waals surface area (Å²) >= 11 is 0. The number of carbonyl (C=O) groups is 1. The number of aryl methyl sites for hydroxylation is 1. The van der Waals surface area contributed by atoms with Crippen LogP contribution in [0.4, 0.5) is 0 Å². The van der Waals surface area contributed by atoms with Crippen molar-refractivity contribution >= 4 is 5.91 Å². The number of aliphatic hydroxyl groups excluding tert-OH is 3. The molecule has 0 bridgehead atoms. The molecule has 0 radical (unpaired) electrons. The number of amides is 1. The van der Waals surface area contributed by atoms with Crippen molar-refractivity contribution in [2.75, 3.05) is 0 Å². The first-order chi connectivity index (χ1) is 15.0. The van der Waals surface area contributed by atoms with Crippen LogP contribution in [0.25, 0.3) is 0 Å². The van der Waals surface area contributed by atoms with Crippen LogP contribution >= 0.6 is 0 Å². The van der Waals surface area contributed by atoms with Crippen molar-refractivity contribution in [3.8, 4) is 0 Å². The number of unbranched alkanes of at least 4 members (excludes halogenated alkanes) is 1. The average molecular weight is 428 g/mol.